The zero-order valence-corrected chi connectivity index (χ0v) is 18.5. The third-order valence-electron chi connectivity index (χ3n) is 5.11. The second-order valence-corrected chi connectivity index (χ2v) is 8.78. The number of rotatable bonds is 6. The topological polar surface area (TPSA) is 59.1 Å². The second kappa shape index (κ2) is 9.44. The number of amides is 1. The van der Waals surface area contributed by atoms with Crippen LogP contribution < -0.4 is 0 Å². The molecule has 1 aliphatic rings. The Labute approximate surface area is 174 Å². The zero-order valence-electron chi connectivity index (χ0n) is 18.5. The molecule has 0 saturated carbocycles. The average molecular weight is 403 g/mol. The highest BCUT2D eigenvalue weighted by Gasteiger charge is 2.55. The van der Waals surface area contributed by atoms with E-state index in [0.717, 1.165) is 5.56 Å². The maximum absolute atomic E-state index is 13.4. The van der Waals surface area contributed by atoms with Crippen molar-refractivity contribution >= 4 is 12.1 Å². The van der Waals surface area contributed by atoms with Crippen molar-refractivity contribution in [3.63, 3.8) is 0 Å². The van der Waals surface area contributed by atoms with E-state index >= 15 is 0 Å². The lowest BCUT2D eigenvalue weighted by atomic mass is 9.90. The molecular formula is C23H34N2O4. The first-order chi connectivity index (χ1) is 13.6. The average Bonchev–Trinajstić information content (AvgIpc) is 3.05. The summed E-state index contributed by atoms with van der Waals surface area (Å²) in [4.78, 5) is 30.0. The van der Waals surface area contributed by atoms with Crippen LogP contribution in [0.3, 0.4) is 0 Å². The minimum atomic E-state index is -1.08. The summed E-state index contributed by atoms with van der Waals surface area (Å²) in [6, 6.07) is 9.59. The highest BCUT2D eigenvalue weighted by molar-refractivity contribution is 5.87. The Kier molecular flexibility index (Phi) is 7.47. The molecule has 1 saturated heterocycles. The number of esters is 1. The van der Waals surface area contributed by atoms with Crippen LogP contribution >= 0.6 is 0 Å². The van der Waals surface area contributed by atoms with Crippen LogP contribution in [0.1, 0.15) is 46.1 Å². The Bertz CT molecular complexity index is 724. The number of hydrogen-bond acceptors (Lipinski definition) is 5. The molecule has 1 fully saturated rings. The van der Waals surface area contributed by atoms with Gasteiger partial charge in [-0.2, -0.15) is 0 Å². The van der Waals surface area contributed by atoms with Crippen LogP contribution in [0, 0.1) is 0 Å². The Morgan fingerprint density at radius 1 is 1.24 bits per heavy atom. The molecule has 0 radical (unpaired) electrons. The number of hydrogen-bond donors (Lipinski definition) is 0. The number of nitrogens with zero attached hydrogens (tertiary/aromatic N) is 2. The Morgan fingerprint density at radius 3 is 2.45 bits per heavy atom. The van der Waals surface area contributed by atoms with Gasteiger partial charge in [-0.3, -0.25) is 4.90 Å². The van der Waals surface area contributed by atoms with Crippen molar-refractivity contribution in [2.75, 3.05) is 20.6 Å². The number of carbonyl (C=O) groups excluding carboxylic acids is 2. The maximum atomic E-state index is 13.4. The van der Waals surface area contributed by atoms with Gasteiger partial charge in [-0.05, 0) is 60.2 Å². The van der Waals surface area contributed by atoms with Gasteiger partial charge < -0.3 is 14.4 Å². The van der Waals surface area contributed by atoms with Crippen molar-refractivity contribution in [2.45, 2.75) is 64.3 Å². The summed E-state index contributed by atoms with van der Waals surface area (Å²) in [5, 5.41) is 0. The predicted molar refractivity (Wildman–Crippen MR) is 113 cm³/mol. The van der Waals surface area contributed by atoms with Gasteiger partial charge in [0.15, 0.2) is 0 Å². The number of likely N-dealkylation sites (tertiary alicyclic amines) is 1. The molecule has 1 aromatic rings. The Morgan fingerprint density at radius 2 is 1.90 bits per heavy atom. The van der Waals surface area contributed by atoms with Gasteiger partial charge in [0.25, 0.3) is 0 Å². The van der Waals surface area contributed by atoms with Gasteiger partial charge in [0.2, 0.25) is 0 Å². The minimum Gasteiger partial charge on any atom is -0.459 e. The number of benzene rings is 1. The molecule has 0 spiro atoms. The number of ether oxygens (including phenoxy) is 2. The van der Waals surface area contributed by atoms with Crippen molar-refractivity contribution in [2.24, 2.45) is 0 Å². The molecule has 2 unspecified atom stereocenters. The molecule has 0 aromatic heterocycles. The fourth-order valence-electron chi connectivity index (χ4n) is 3.50. The second-order valence-electron chi connectivity index (χ2n) is 8.78. The van der Waals surface area contributed by atoms with Gasteiger partial charge in [-0.25, -0.2) is 9.59 Å². The molecule has 2 rings (SSSR count). The van der Waals surface area contributed by atoms with Crippen LogP contribution in [0.4, 0.5) is 4.79 Å². The molecule has 2 atom stereocenters. The largest absolute Gasteiger partial charge is 0.459 e. The third-order valence-corrected chi connectivity index (χ3v) is 5.11. The van der Waals surface area contributed by atoms with Gasteiger partial charge in [0.1, 0.15) is 17.7 Å². The highest BCUT2D eigenvalue weighted by atomic mass is 16.6. The molecule has 1 heterocycles. The normalized spacial score (nSPS) is 22.3. The van der Waals surface area contributed by atoms with Crippen molar-refractivity contribution in [1.82, 2.24) is 9.80 Å². The summed E-state index contributed by atoms with van der Waals surface area (Å²) in [5.74, 6) is -0.394. The molecule has 0 aliphatic carbocycles. The van der Waals surface area contributed by atoms with E-state index in [4.69, 9.17) is 9.47 Å². The lowest BCUT2D eigenvalue weighted by Crippen LogP contribution is -2.54. The lowest BCUT2D eigenvalue weighted by Gasteiger charge is -2.36. The maximum Gasteiger partial charge on any atom is 0.411 e. The van der Waals surface area contributed by atoms with Gasteiger partial charge in [0.05, 0.1) is 0 Å². The van der Waals surface area contributed by atoms with E-state index < -0.39 is 23.2 Å². The predicted octanol–water partition coefficient (Wildman–Crippen LogP) is 4.01. The van der Waals surface area contributed by atoms with Crippen LogP contribution in [-0.2, 0) is 20.9 Å². The number of allylic oxidation sites excluding steroid dienone is 1. The molecule has 1 aromatic carbocycles. The fraction of sp³-hybridized carbons (Fsp3) is 0.565. The zero-order chi connectivity index (χ0) is 21.7. The molecule has 29 heavy (non-hydrogen) atoms. The van der Waals surface area contributed by atoms with E-state index in [2.05, 4.69) is 0 Å². The monoisotopic (exact) mass is 402 g/mol. The lowest BCUT2D eigenvalue weighted by molar-refractivity contribution is -0.157. The fourth-order valence-corrected chi connectivity index (χ4v) is 3.50. The van der Waals surface area contributed by atoms with Crippen molar-refractivity contribution in [3.8, 4) is 0 Å². The van der Waals surface area contributed by atoms with E-state index in [1.54, 1.807) is 4.90 Å². The third kappa shape index (κ3) is 5.82. The van der Waals surface area contributed by atoms with E-state index in [1.165, 1.54) is 0 Å². The van der Waals surface area contributed by atoms with Crippen LogP contribution in [0.5, 0.6) is 0 Å². The molecular weight excluding hydrogens is 368 g/mol. The van der Waals surface area contributed by atoms with Crippen molar-refractivity contribution < 1.29 is 19.1 Å². The molecule has 6 heteroatoms. The molecule has 1 amide bonds. The van der Waals surface area contributed by atoms with Crippen LogP contribution in [-0.4, -0.2) is 59.7 Å². The van der Waals surface area contributed by atoms with Crippen molar-refractivity contribution in [1.29, 1.82) is 0 Å². The smallest absolute Gasteiger partial charge is 0.411 e. The van der Waals surface area contributed by atoms with E-state index in [1.807, 2.05) is 89.2 Å². The number of carbonyl (C=O) groups is 2. The van der Waals surface area contributed by atoms with Gasteiger partial charge >= 0.3 is 12.1 Å². The van der Waals surface area contributed by atoms with E-state index in [9.17, 15) is 9.59 Å². The van der Waals surface area contributed by atoms with E-state index in [0.29, 0.717) is 19.4 Å². The summed E-state index contributed by atoms with van der Waals surface area (Å²) >= 11 is 0. The minimum absolute atomic E-state index is 0.0389. The van der Waals surface area contributed by atoms with Crippen molar-refractivity contribution in [3.05, 3.63) is 48.0 Å². The van der Waals surface area contributed by atoms with Gasteiger partial charge in [-0.1, -0.05) is 42.5 Å². The summed E-state index contributed by atoms with van der Waals surface area (Å²) < 4.78 is 11.3. The summed E-state index contributed by atoms with van der Waals surface area (Å²) in [7, 11) is 3.91. The molecule has 1 aliphatic heterocycles. The molecule has 6 nitrogen and oxygen atoms in total. The first-order valence-electron chi connectivity index (χ1n) is 10.1. The Hall–Kier alpha value is -2.34. The van der Waals surface area contributed by atoms with E-state index in [-0.39, 0.29) is 12.6 Å². The Balaban J connectivity index is 2.33. The summed E-state index contributed by atoms with van der Waals surface area (Å²) in [5.41, 5.74) is -0.820. The highest BCUT2D eigenvalue weighted by Crippen LogP contribution is 2.37. The number of likely N-dealkylation sites (N-methyl/N-ethyl adjacent to an activating group) is 1. The first kappa shape index (κ1) is 22.9. The van der Waals surface area contributed by atoms with Crippen LogP contribution in [0.15, 0.2) is 42.5 Å². The molecule has 0 bridgehead atoms. The standard InChI is InChI=1S/C23H34N2O4/c1-7-8-14-23(20(26)28-17-18-12-10-9-11-13-18)15-19(24(5)6)16-25(23)21(27)29-22(2,3)4/h7-13,19H,14-17H2,1-6H3/b8-7+. The van der Waals surface area contributed by atoms with Crippen LogP contribution in [0.2, 0.25) is 0 Å². The molecule has 0 N–H and O–H groups in total. The van der Waals surface area contributed by atoms with Gasteiger partial charge in [-0.15, -0.1) is 0 Å². The summed E-state index contributed by atoms with van der Waals surface area (Å²) in [6.45, 7) is 7.97. The quantitative estimate of drug-likeness (QED) is 0.532. The summed E-state index contributed by atoms with van der Waals surface area (Å²) in [6.07, 6.45) is 4.21. The first-order valence-corrected chi connectivity index (χ1v) is 10.1. The molecule has 160 valence electrons. The van der Waals surface area contributed by atoms with Crippen LogP contribution in [0.25, 0.3) is 0 Å². The van der Waals surface area contributed by atoms with Gasteiger partial charge in [0, 0.05) is 12.6 Å². The SMILES string of the molecule is C/C=C/CC1(C(=O)OCc2ccccc2)CC(N(C)C)CN1C(=O)OC(C)(C)C.